The van der Waals surface area contributed by atoms with E-state index in [9.17, 15) is 18.8 Å². The van der Waals surface area contributed by atoms with Crippen LogP contribution >= 0.6 is 15.9 Å². The molecule has 2 aromatic carbocycles. The molecule has 3 rings (SSSR count). The Bertz CT molecular complexity index is 1050. The molecule has 0 radical (unpaired) electrons. The summed E-state index contributed by atoms with van der Waals surface area (Å²) in [6.07, 6.45) is 1.35. The molecule has 0 aliphatic carbocycles. The maximum absolute atomic E-state index is 13.8. The lowest BCUT2D eigenvalue weighted by Crippen LogP contribution is -2.22. The first-order valence-electron chi connectivity index (χ1n) is 8.30. The van der Waals surface area contributed by atoms with Crippen LogP contribution in [0.25, 0.3) is 0 Å². The minimum absolute atomic E-state index is 0.0413. The molecule has 7 nitrogen and oxygen atoms in total. The zero-order chi connectivity index (χ0) is 20.8. The van der Waals surface area contributed by atoms with Gasteiger partial charge < -0.3 is 19.8 Å². The predicted molar refractivity (Wildman–Crippen MR) is 106 cm³/mol. The average molecular weight is 461 g/mol. The summed E-state index contributed by atoms with van der Waals surface area (Å²) in [5.41, 5.74) is 0.202. The molecule has 0 aliphatic rings. The van der Waals surface area contributed by atoms with Crippen LogP contribution in [0.15, 0.2) is 69.8 Å². The van der Waals surface area contributed by atoms with E-state index in [1.165, 1.54) is 36.6 Å². The van der Waals surface area contributed by atoms with E-state index < -0.39 is 30.2 Å². The highest BCUT2D eigenvalue weighted by Crippen LogP contribution is 2.20. The highest BCUT2D eigenvalue weighted by molar-refractivity contribution is 9.10. The van der Waals surface area contributed by atoms with Crippen molar-refractivity contribution in [3.63, 3.8) is 0 Å². The van der Waals surface area contributed by atoms with Gasteiger partial charge in [0.2, 0.25) is 0 Å². The van der Waals surface area contributed by atoms with Crippen molar-refractivity contribution in [2.24, 2.45) is 0 Å². The molecule has 2 amide bonds. The molecule has 0 spiro atoms. The first kappa shape index (κ1) is 20.3. The van der Waals surface area contributed by atoms with Gasteiger partial charge in [0.25, 0.3) is 11.8 Å². The van der Waals surface area contributed by atoms with Crippen LogP contribution in [0.3, 0.4) is 0 Å². The molecule has 148 valence electrons. The largest absolute Gasteiger partial charge is 0.459 e. The number of esters is 1. The first-order chi connectivity index (χ1) is 13.9. The van der Waals surface area contributed by atoms with E-state index in [2.05, 4.69) is 26.6 Å². The van der Waals surface area contributed by atoms with E-state index in [0.717, 1.165) is 0 Å². The molecule has 0 atom stereocenters. The molecular weight excluding hydrogens is 447 g/mol. The van der Waals surface area contributed by atoms with Gasteiger partial charge >= 0.3 is 5.97 Å². The van der Waals surface area contributed by atoms with E-state index in [0.29, 0.717) is 4.47 Å². The van der Waals surface area contributed by atoms with Crippen molar-refractivity contribution < 1.29 is 27.9 Å². The molecule has 0 bridgehead atoms. The summed E-state index contributed by atoms with van der Waals surface area (Å²) in [5, 5.41) is 4.86. The van der Waals surface area contributed by atoms with Gasteiger partial charge in [0.1, 0.15) is 5.82 Å². The highest BCUT2D eigenvalue weighted by atomic mass is 79.9. The molecule has 9 heteroatoms. The second-order valence-corrected chi connectivity index (χ2v) is 6.64. The van der Waals surface area contributed by atoms with Gasteiger partial charge in [-0.05, 0) is 42.5 Å². The van der Waals surface area contributed by atoms with Crippen LogP contribution in [0.1, 0.15) is 20.9 Å². The second-order valence-electron chi connectivity index (χ2n) is 5.73. The van der Waals surface area contributed by atoms with Crippen LogP contribution in [-0.4, -0.2) is 24.4 Å². The maximum atomic E-state index is 13.8. The van der Waals surface area contributed by atoms with E-state index >= 15 is 0 Å². The number of ether oxygens (including phenoxy) is 1. The fourth-order valence-electron chi connectivity index (χ4n) is 2.35. The molecule has 1 aromatic heterocycles. The van der Waals surface area contributed by atoms with Gasteiger partial charge in [-0.1, -0.05) is 28.1 Å². The van der Waals surface area contributed by atoms with Crippen LogP contribution in [0, 0.1) is 5.82 Å². The van der Waals surface area contributed by atoms with Crippen LogP contribution in [0.4, 0.5) is 15.8 Å². The van der Waals surface area contributed by atoms with Crippen LogP contribution in [0.5, 0.6) is 0 Å². The molecule has 0 aliphatic heterocycles. The van der Waals surface area contributed by atoms with E-state index in [1.807, 2.05) is 0 Å². The summed E-state index contributed by atoms with van der Waals surface area (Å²) in [7, 11) is 0. The summed E-state index contributed by atoms with van der Waals surface area (Å²) in [5.74, 6) is -2.64. The lowest BCUT2D eigenvalue weighted by Gasteiger charge is -2.11. The van der Waals surface area contributed by atoms with Crippen LogP contribution in [0.2, 0.25) is 0 Å². The summed E-state index contributed by atoms with van der Waals surface area (Å²) in [6.45, 7) is -0.630. The molecule has 0 fully saturated rings. The molecule has 3 aromatic rings. The average Bonchev–Trinajstić information content (AvgIpc) is 3.24. The van der Waals surface area contributed by atoms with E-state index in [4.69, 9.17) is 9.15 Å². The van der Waals surface area contributed by atoms with Crippen molar-refractivity contribution >= 4 is 45.1 Å². The predicted octanol–water partition coefficient (Wildman–Crippen LogP) is 4.23. The van der Waals surface area contributed by atoms with E-state index in [1.54, 1.807) is 24.3 Å². The van der Waals surface area contributed by atoms with E-state index in [-0.39, 0.29) is 22.7 Å². The molecule has 2 N–H and O–H groups in total. The first-order valence-corrected chi connectivity index (χ1v) is 9.09. The Morgan fingerprint density at radius 1 is 1.00 bits per heavy atom. The smallest absolute Gasteiger partial charge is 0.340 e. The lowest BCUT2D eigenvalue weighted by atomic mass is 10.1. The second kappa shape index (κ2) is 9.16. The number of carbonyl (C=O) groups excluding carboxylic acids is 3. The van der Waals surface area contributed by atoms with Crippen molar-refractivity contribution in [3.05, 3.63) is 82.5 Å². The number of para-hydroxylation sites is 1. The van der Waals surface area contributed by atoms with Crippen molar-refractivity contribution in [3.8, 4) is 0 Å². The normalized spacial score (nSPS) is 10.3. The zero-order valence-electron chi connectivity index (χ0n) is 14.8. The molecule has 0 unspecified atom stereocenters. The number of furan rings is 1. The third kappa shape index (κ3) is 5.29. The monoisotopic (exact) mass is 460 g/mol. The van der Waals surface area contributed by atoms with Gasteiger partial charge in [0, 0.05) is 4.47 Å². The minimum Gasteiger partial charge on any atom is -0.459 e. The number of nitrogens with one attached hydrogen (secondary N) is 2. The Balaban J connectivity index is 1.62. The highest BCUT2D eigenvalue weighted by Gasteiger charge is 2.18. The fourth-order valence-corrected chi connectivity index (χ4v) is 2.68. The SMILES string of the molecule is O=C(COC(=O)c1ccccc1NC(=O)c1ccco1)Nc1ccc(Br)cc1F. The molecule has 29 heavy (non-hydrogen) atoms. The van der Waals surface area contributed by atoms with Crippen molar-refractivity contribution in [2.75, 3.05) is 17.2 Å². The number of halogens is 2. The van der Waals surface area contributed by atoms with Gasteiger partial charge in [-0.3, -0.25) is 9.59 Å². The Labute approximate surface area is 173 Å². The molecule has 0 saturated heterocycles. The summed E-state index contributed by atoms with van der Waals surface area (Å²) in [4.78, 5) is 36.4. The van der Waals surface area contributed by atoms with Crippen molar-refractivity contribution in [1.29, 1.82) is 0 Å². The van der Waals surface area contributed by atoms with Crippen LogP contribution < -0.4 is 10.6 Å². The molecule has 0 saturated carbocycles. The number of hydrogen-bond donors (Lipinski definition) is 2. The Kier molecular flexibility index (Phi) is 6.40. The Morgan fingerprint density at radius 3 is 2.52 bits per heavy atom. The molecular formula is C20H14BrFN2O5. The number of hydrogen-bond acceptors (Lipinski definition) is 5. The van der Waals surface area contributed by atoms with Crippen molar-refractivity contribution in [1.82, 2.24) is 0 Å². The Morgan fingerprint density at radius 2 is 1.79 bits per heavy atom. The standard InChI is InChI=1S/C20H14BrFN2O5/c21-12-7-8-16(14(22)10-12)23-18(25)11-29-20(27)13-4-1-2-5-15(13)24-19(26)17-6-3-9-28-17/h1-10H,11H2,(H,23,25)(H,24,26). The number of rotatable bonds is 6. The summed E-state index contributed by atoms with van der Waals surface area (Å²) < 4.78 is 24.3. The van der Waals surface area contributed by atoms with Crippen LogP contribution in [-0.2, 0) is 9.53 Å². The minimum atomic E-state index is -0.827. The van der Waals surface area contributed by atoms with Gasteiger partial charge in [-0.15, -0.1) is 0 Å². The number of amides is 2. The fraction of sp³-hybridized carbons (Fsp3) is 0.0500. The topological polar surface area (TPSA) is 97.6 Å². The number of benzene rings is 2. The van der Waals surface area contributed by atoms with Gasteiger partial charge in [0.15, 0.2) is 12.4 Å². The quantitative estimate of drug-likeness (QED) is 0.536. The Hall–Kier alpha value is -3.46. The lowest BCUT2D eigenvalue weighted by molar-refractivity contribution is -0.119. The number of carbonyl (C=O) groups is 3. The zero-order valence-corrected chi connectivity index (χ0v) is 16.4. The van der Waals surface area contributed by atoms with Gasteiger partial charge in [-0.25, -0.2) is 9.18 Å². The summed E-state index contributed by atoms with van der Waals surface area (Å²) >= 11 is 3.12. The van der Waals surface area contributed by atoms with Gasteiger partial charge in [0.05, 0.1) is 23.2 Å². The third-order valence-corrected chi connectivity index (χ3v) is 4.17. The summed E-state index contributed by atoms with van der Waals surface area (Å²) in [6, 6.07) is 13.3. The molecule has 1 heterocycles. The van der Waals surface area contributed by atoms with Crippen molar-refractivity contribution in [2.45, 2.75) is 0 Å². The van der Waals surface area contributed by atoms with Gasteiger partial charge in [-0.2, -0.15) is 0 Å². The number of anilines is 2. The third-order valence-electron chi connectivity index (χ3n) is 3.68. The maximum Gasteiger partial charge on any atom is 0.340 e.